The van der Waals surface area contributed by atoms with Gasteiger partial charge in [-0.05, 0) is 42.8 Å². The first kappa shape index (κ1) is 10.8. The number of H-pyrrole nitrogens is 1. The second-order valence-electron chi connectivity index (χ2n) is 4.35. The average Bonchev–Trinajstić information content (AvgIpc) is 2.74. The lowest BCUT2D eigenvalue weighted by molar-refractivity contribution is 0.630. The monoisotopic (exact) mass is 241 g/mol. The number of rotatable bonds is 1. The van der Waals surface area contributed by atoms with Gasteiger partial charge in [0.2, 0.25) is 0 Å². The van der Waals surface area contributed by atoms with Crippen molar-refractivity contribution >= 4 is 16.7 Å². The molecule has 3 N–H and O–H groups in total. The Morgan fingerprint density at radius 2 is 2.00 bits per heavy atom. The van der Waals surface area contributed by atoms with Crippen LogP contribution in [0.25, 0.3) is 22.4 Å². The van der Waals surface area contributed by atoms with Crippen molar-refractivity contribution in [3.05, 3.63) is 47.8 Å². The van der Waals surface area contributed by atoms with Gasteiger partial charge >= 0.3 is 0 Å². The smallest absolute Gasteiger partial charge is 0.141 e. The largest absolute Gasteiger partial charge is 0.399 e. The summed E-state index contributed by atoms with van der Waals surface area (Å²) in [6, 6.07) is 10.3. The van der Waals surface area contributed by atoms with Crippen LogP contribution in [0, 0.1) is 12.7 Å². The summed E-state index contributed by atoms with van der Waals surface area (Å²) < 4.78 is 13.7. The number of halogens is 1. The molecular formula is C14H12FN3. The maximum atomic E-state index is 13.7. The number of nitrogen functional groups attached to an aromatic ring is 1. The molecular weight excluding hydrogens is 229 g/mol. The highest BCUT2D eigenvalue weighted by molar-refractivity contribution is 5.80. The van der Waals surface area contributed by atoms with E-state index in [9.17, 15) is 4.39 Å². The number of aromatic nitrogens is 2. The highest BCUT2D eigenvalue weighted by Crippen LogP contribution is 2.25. The number of hydrogen-bond acceptors (Lipinski definition) is 2. The fraction of sp³-hybridized carbons (Fsp3) is 0.0714. The maximum absolute atomic E-state index is 13.7. The standard InChI is InChI=1S/C14H12FN3/c1-8-2-5-12-13(6-8)18-14(17-12)10-7-9(16)3-4-11(10)15/h2-7H,16H2,1H3,(H,17,18). The van der Waals surface area contributed by atoms with E-state index in [0.29, 0.717) is 17.1 Å². The molecule has 0 saturated heterocycles. The van der Waals surface area contributed by atoms with Crippen LogP contribution in [0.1, 0.15) is 5.56 Å². The molecule has 3 aromatic rings. The lowest BCUT2D eigenvalue weighted by Gasteiger charge is -2.00. The number of hydrogen-bond donors (Lipinski definition) is 2. The fourth-order valence-corrected chi connectivity index (χ4v) is 1.98. The summed E-state index contributed by atoms with van der Waals surface area (Å²) in [5.74, 6) is 0.167. The van der Waals surface area contributed by atoms with Crippen molar-refractivity contribution in [2.45, 2.75) is 6.92 Å². The minimum Gasteiger partial charge on any atom is -0.399 e. The van der Waals surface area contributed by atoms with E-state index in [2.05, 4.69) is 9.97 Å². The summed E-state index contributed by atoms with van der Waals surface area (Å²) in [7, 11) is 0. The third-order valence-corrected chi connectivity index (χ3v) is 2.88. The molecule has 0 saturated carbocycles. The van der Waals surface area contributed by atoms with Gasteiger partial charge < -0.3 is 10.7 Å². The van der Waals surface area contributed by atoms with E-state index in [-0.39, 0.29) is 5.82 Å². The van der Waals surface area contributed by atoms with E-state index in [0.717, 1.165) is 16.6 Å². The molecule has 0 aliphatic carbocycles. The maximum Gasteiger partial charge on any atom is 0.141 e. The molecule has 1 heterocycles. The third kappa shape index (κ3) is 1.72. The molecule has 18 heavy (non-hydrogen) atoms. The molecule has 3 nitrogen and oxygen atoms in total. The van der Waals surface area contributed by atoms with Crippen LogP contribution < -0.4 is 5.73 Å². The van der Waals surface area contributed by atoms with Gasteiger partial charge in [-0.25, -0.2) is 9.37 Å². The van der Waals surface area contributed by atoms with Gasteiger partial charge in [-0.3, -0.25) is 0 Å². The molecule has 0 aliphatic rings. The Hall–Kier alpha value is -2.36. The molecule has 3 rings (SSSR count). The topological polar surface area (TPSA) is 54.7 Å². The molecule has 0 aliphatic heterocycles. The lowest BCUT2D eigenvalue weighted by atomic mass is 10.2. The van der Waals surface area contributed by atoms with Crippen molar-refractivity contribution in [1.82, 2.24) is 9.97 Å². The van der Waals surface area contributed by atoms with Crippen LogP contribution in [0.4, 0.5) is 10.1 Å². The molecule has 90 valence electrons. The summed E-state index contributed by atoms with van der Waals surface area (Å²) in [6.07, 6.45) is 0. The van der Waals surface area contributed by atoms with Crippen LogP contribution in [-0.2, 0) is 0 Å². The molecule has 0 bridgehead atoms. The summed E-state index contributed by atoms with van der Waals surface area (Å²) in [6.45, 7) is 2.00. The lowest BCUT2D eigenvalue weighted by Crippen LogP contribution is -1.90. The van der Waals surface area contributed by atoms with Gasteiger partial charge in [0.25, 0.3) is 0 Å². The SMILES string of the molecule is Cc1ccc2nc(-c3cc(N)ccc3F)[nH]c2c1. The molecule has 0 spiro atoms. The van der Waals surface area contributed by atoms with Gasteiger partial charge in [0.1, 0.15) is 11.6 Å². The number of benzene rings is 2. The minimum atomic E-state index is -0.333. The van der Waals surface area contributed by atoms with E-state index in [1.807, 2.05) is 25.1 Å². The van der Waals surface area contributed by atoms with Crippen LogP contribution in [0.15, 0.2) is 36.4 Å². The number of aromatic amines is 1. The second kappa shape index (κ2) is 3.84. The number of fused-ring (bicyclic) bond motifs is 1. The quantitative estimate of drug-likeness (QED) is 0.642. The van der Waals surface area contributed by atoms with Crippen molar-refractivity contribution in [3.8, 4) is 11.4 Å². The Kier molecular flexibility index (Phi) is 2.30. The number of nitrogens with two attached hydrogens (primary N) is 1. The third-order valence-electron chi connectivity index (χ3n) is 2.88. The summed E-state index contributed by atoms with van der Waals surface area (Å²) in [5.41, 5.74) is 9.43. The number of nitrogens with one attached hydrogen (secondary N) is 1. The predicted octanol–water partition coefficient (Wildman–Crippen LogP) is 3.26. The van der Waals surface area contributed by atoms with Crippen molar-refractivity contribution < 1.29 is 4.39 Å². The summed E-state index contributed by atoms with van der Waals surface area (Å²) in [5, 5.41) is 0. The van der Waals surface area contributed by atoms with E-state index < -0.39 is 0 Å². The Morgan fingerprint density at radius 3 is 2.83 bits per heavy atom. The molecule has 0 atom stereocenters. The van der Waals surface area contributed by atoms with Gasteiger partial charge in [-0.15, -0.1) is 0 Å². The van der Waals surface area contributed by atoms with Gasteiger partial charge in [-0.2, -0.15) is 0 Å². The first-order valence-corrected chi connectivity index (χ1v) is 5.65. The fourth-order valence-electron chi connectivity index (χ4n) is 1.98. The van der Waals surface area contributed by atoms with E-state index >= 15 is 0 Å². The van der Waals surface area contributed by atoms with Crippen molar-refractivity contribution in [3.63, 3.8) is 0 Å². The van der Waals surface area contributed by atoms with Crippen molar-refractivity contribution in [2.24, 2.45) is 0 Å². The summed E-state index contributed by atoms with van der Waals surface area (Å²) in [4.78, 5) is 7.49. The first-order valence-electron chi connectivity index (χ1n) is 5.65. The summed E-state index contributed by atoms with van der Waals surface area (Å²) >= 11 is 0. The number of nitrogens with zero attached hydrogens (tertiary/aromatic N) is 1. The Balaban J connectivity index is 2.22. The molecule has 0 radical (unpaired) electrons. The van der Waals surface area contributed by atoms with Crippen LogP contribution in [0.2, 0.25) is 0 Å². The van der Waals surface area contributed by atoms with Crippen LogP contribution in [0.3, 0.4) is 0 Å². The second-order valence-corrected chi connectivity index (χ2v) is 4.35. The number of anilines is 1. The van der Waals surface area contributed by atoms with Gasteiger partial charge in [-0.1, -0.05) is 6.07 Å². The normalized spacial score (nSPS) is 11.0. The Morgan fingerprint density at radius 1 is 1.17 bits per heavy atom. The highest BCUT2D eigenvalue weighted by atomic mass is 19.1. The van der Waals surface area contributed by atoms with Crippen LogP contribution in [-0.4, -0.2) is 9.97 Å². The van der Waals surface area contributed by atoms with Crippen LogP contribution in [0.5, 0.6) is 0 Å². The number of aryl methyl sites for hydroxylation is 1. The first-order chi connectivity index (χ1) is 8.63. The van der Waals surface area contributed by atoms with Crippen molar-refractivity contribution in [1.29, 1.82) is 0 Å². The van der Waals surface area contributed by atoms with E-state index in [4.69, 9.17) is 5.73 Å². The Labute approximate surface area is 103 Å². The predicted molar refractivity (Wildman–Crippen MR) is 70.6 cm³/mol. The van der Waals surface area contributed by atoms with Gasteiger partial charge in [0.05, 0.1) is 16.6 Å². The molecule has 0 fully saturated rings. The van der Waals surface area contributed by atoms with E-state index in [1.165, 1.54) is 12.1 Å². The van der Waals surface area contributed by atoms with Gasteiger partial charge in [0.15, 0.2) is 0 Å². The minimum absolute atomic E-state index is 0.333. The molecule has 1 aromatic heterocycles. The average molecular weight is 241 g/mol. The molecule has 0 unspecified atom stereocenters. The molecule has 0 amide bonds. The van der Waals surface area contributed by atoms with Gasteiger partial charge in [0, 0.05) is 5.69 Å². The Bertz CT molecular complexity index is 731. The zero-order valence-corrected chi connectivity index (χ0v) is 9.87. The zero-order valence-electron chi connectivity index (χ0n) is 9.87. The molecule has 4 heteroatoms. The molecule has 2 aromatic carbocycles. The van der Waals surface area contributed by atoms with Crippen LogP contribution >= 0.6 is 0 Å². The van der Waals surface area contributed by atoms with Crippen molar-refractivity contribution in [2.75, 3.05) is 5.73 Å². The highest BCUT2D eigenvalue weighted by Gasteiger charge is 2.10. The zero-order chi connectivity index (χ0) is 12.7. The van der Waals surface area contributed by atoms with E-state index in [1.54, 1.807) is 6.07 Å². The number of imidazole rings is 1.